The van der Waals surface area contributed by atoms with E-state index >= 15 is 0 Å². The van der Waals surface area contributed by atoms with Crippen LogP contribution in [0, 0.1) is 6.92 Å². The predicted octanol–water partition coefficient (Wildman–Crippen LogP) is 7.17. The first-order chi connectivity index (χ1) is 17.7. The molecule has 3 aromatic rings. The summed E-state index contributed by atoms with van der Waals surface area (Å²) >= 11 is 12.8. The van der Waals surface area contributed by atoms with Crippen molar-refractivity contribution in [1.29, 1.82) is 0 Å². The molecule has 0 radical (unpaired) electrons. The number of likely N-dealkylation sites (tertiary alicyclic amines) is 1. The highest BCUT2D eigenvalue weighted by Gasteiger charge is 2.25. The summed E-state index contributed by atoms with van der Waals surface area (Å²) in [6.07, 6.45) is 8.91. The number of aryl methyl sites for hydroxylation is 3. The standard InChI is InChI=1S/C28H34Cl2N5OP/c1-18-14-21(29)16-25(26(18)37(2,3)36)33-27-24(30)17-31-28(34-27)32-22-9-6-19-7-10-23(11-8-20(19)15-22)35-12-4-5-13-35/h6,9,14-17,23H,4-5,7-8,10-13H2,1-3H3,(H2,31,32,33,34)/t23-/m0/s1. The minimum atomic E-state index is -2.58. The number of rotatable bonds is 6. The number of benzene rings is 2. The van der Waals surface area contributed by atoms with Gasteiger partial charge in [0.05, 0.1) is 11.9 Å². The Balaban J connectivity index is 1.35. The summed E-state index contributed by atoms with van der Waals surface area (Å²) in [7, 11) is -2.58. The van der Waals surface area contributed by atoms with Crippen molar-refractivity contribution in [2.24, 2.45) is 0 Å². The van der Waals surface area contributed by atoms with E-state index in [1.165, 1.54) is 49.9 Å². The van der Waals surface area contributed by atoms with Gasteiger partial charge in [0.2, 0.25) is 5.95 Å². The first-order valence-electron chi connectivity index (χ1n) is 13.0. The summed E-state index contributed by atoms with van der Waals surface area (Å²) in [5, 5.41) is 8.27. The summed E-state index contributed by atoms with van der Waals surface area (Å²) in [5.74, 6) is 0.866. The largest absolute Gasteiger partial charge is 0.338 e. The van der Waals surface area contributed by atoms with Crippen LogP contribution < -0.4 is 15.9 Å². The number of nitrogens with zero attached hydrogens (tertiary/aromatic N) is 3. The van der Waals surface area contributed by atoms with Crippen LogP contribution in [0.1, 0.15) is 42.4 Å². The molecule has 2 aliphatic rings. The Bertz CT molecular complexity index is 1350. The van der Waals surface area contributed by atoms with Crippen molar-refractivity contribution in [3.05, 3.63) is 63.3 Å². The molecular weight excluding hydrogens is 524 g/mol. The topological polar surface area (TPSA) is 70.2 Å². The van der Waals surface area contributed by atoms with Crippen molar-refractivity contribution in [2.45, 2.75) is 51.5 Å². The van der Waals surface area contributed by atoms with Crippen molar-refractivity contribution in [3.8, 4) is 0 Å². The summed E-state index contributed by atoms with van der Waals surface area (Å²) in [6, 6.07) is 10.8. The number of hydrogen-bond donors (Lipinski definition) is 2. The second kappa shape index (κ2) is 10.9. The molecule has 1 saturated heterocycles. The SMILES string of the molecule is Cc1cc(Cl)cc(Nc2nc(Nc3ccc4c(c3)CC[C@@H](N3CCCC3)CC4)ncc2Cl)c1P(C)(C)=O. The van der Waals surface area contributed by atoms with E-state index in [4.69, 9.17) is 23.2 Å². The van der Waals surface area contributed by atoms with Gasteiger partial charge in [0.25, 0.3) is 0 Å². The van der Waals surface area contributed by atoms with E-state index in [0.29, 0.717) is 33.5 Å². The first kappa shape index (κ1) is 26.5. The number of nitrogens with one attached hydrogen (secondary N) is 2. The maximum Gasteiger partial charge on any atom is 0.229 e. The second-order valence-electron chi connectivity index (χ2n) is 10.6. The lowest BCUT2D eigenvalue weighted by Crippen LogP contribution is -2.32. The highest BCUT2D eigenvalue weighted by Crippen LogP contribution is 2.41. The van der Waals surface area contributed by atoms with Gasteiger partial charge in [0, 0.05) is 22.1 Å². The number of aromatic nitrogens is 2. The second-order valence-corrected chi connectivity index (χ2v) is 14.6. The van der Waals surface area contributed by atoms with Gasteiger partial charge in [-0.15, -0.1) is 0 Å². The third-order valence-electron chi connectivity index (χ3n) is 7.41. The molecule has 6 nitrogen and oxygen atoms in total. The monoisotopic (exact) mass is 557 g/mol. The van der Waals surface area contributed by atoms with Crippen LogP contribution in [0.25, 0.3) is 0 Å². The average Bonchev–Trinajstić information content (AvgIpc) is 3.27. The Kier molecular flexibility index (Phi) is 7.83. The molecule has 1 atom stereocenters. The Morgan fingerprint density at radius 1 is 1.00 bits per heavy atom. The molecule has 0 amide bonds. The smallest absolute Gasteiger partial charge is 0.229 e. The zero-order chi connectivity index (χ0) is 26.2. The quantitative estimate of drug-likeness (QED) is 0.247. The minimum absolute atomic E-state index is 0.367. The summed E-state index contributed by atoms with van der Waals surface area (Å²) in [4.78, 5) is 11.7. The highest BCUT2D eigenvalue weighted by molar-refractivity contribution is 7.70. The molecule has 0 saturated carbocycles. The van der Waals surface area contributed by atoms with Crippen LogP contribution in [0.5, 0.6) is 0 Å². The van der Waals surface area contributed by atoms with E-state index in [2.05, 4.69) is 43.7 Å². The molecule has 2 heterocycles. The van der Waals surface area contributed by atoms with Crippen molar-refractivity contribution >= 4 is 58.8 Å². The molecule has 2 N–H and O–H groups in total. The van der Waals surface area contributed by atoms with E-state index in [0.717, 1.165) is 29.4 Å². The van der Waals surface area contributed by atoms with Gasteiger partial charge in [-0.25, -0.2) is 4.98 Å². The molecule has 2 aromatic carbocycles. The van der Waals surface area contributed by atoms with Gasteiger partial charge in [-0.1, -0.05) is 29.3 Å². The lowest BCUT2D eigenvalue weighted by molar-refractivity contribution is 0.222. The van der Waals surface area contributed by atoms with E-state index in [-0.39, 0.29) is 0 Å². The molecule has 196 valence electrons. The molecule has 5 rings (SSSR count). The highest BCUT2D eigenvalue weighted by atomic mass is 35.5. The summed E-state index contributed by atoms with van der Waals surface area (Å²) < 4.78 is 13.0. The zero-order valence-corrected chi connectivity index (χ0v) is 24.1. The third kappa shape index (κ3) is 6.15. The molecular formula is C28H34Cl2N5OP. The maximum absolute atomic E-state index is 13.0. The molecule has 1 aromatic heterocycles. The molecule has 1 fully saturated rings. The fourth-order valence-corrected chi connectivity index (χ4v) is 7.78. The lowest BCUT2D eigenvalue weighted by atomic mass is 10.0. The van der Waals surface area contributed by atoms with Gasteiger partial charge < -0.3 is 20.1 Å². The fraction of sp³-hybridized carbons (Fsp3) is 0.429. The third-order valence-corrected chi connectivity index (χ3v) is 9.58. The average molecular weight is 558 g/mol. The van der Waals surface area contributed by atoms with Crippen LogP contribution in [0.4, 0.5) is 23.1 Å². The normalized spacial score (nSPS) is 18.4. The van der Waals surface area contributed by atoms with Crippen LogP contribution >= 0.6 is 30.3 Å². The van der Waals surface area contributed by atoms with Crippen LogP contribution in [0.15, 0.2) is 36.5 Å². The van der Waals surface area contributed by atoms with E-state index in [1.54, 1.807) is 25.6 Å². The molecule has 1 aliphatic carbocycles. The Morgan fingerprint density at radius 3 is 2.46 bits per heavy atom. The molecule has 0 unspecified atom stereocenters. The number of hydrogen-bond acceptors (Lipinski definition) is 6. The maximum atomic E-state index is 13.0. The molecule has 0 spiro atoms. The molecule has 9 heteroatoms. The summed E-state index contributed by atoms with van der Waals surface area (Å²) in [5.41, 5.74) is 5.31. The van der Waals surface area contributed by atoms with Gasteiger partial charge >= 0.3 is 0 Å². The molecule has 0 bridgehead atoms. The van der Waals surface area contributed by atoms with E-state index < -0.39 is 7.14 Å². The van der Waals surface area contributed by atoms with Crippen molar-refractivity contribution in [2.75, 3.05) is 37.1 Å². The number of halogens is 2. The van der Waals surface area contributed by atoms with Crippen LogP contribution in [0.2, 0.25) is 10.0 Å². The Labute approximate surface area is 229 Å². The van der Waals surface area contributed by atoms with Gasteiger partial charge in [-0.2, -0.15) is 4.98 Å². The van der Waals surface area contributed by atoms with Gasteiger partial charge in [0.15, 0.2) is 5.82 Å². The van der Waals surface area contributed by atoms with Crippen LogP contribution in [0.3, 0.4) is 0 Å². The van der Waals surface area contributed by atoms with Gasteiger partial charge in [-0.05, 0) is 113 Å². The zero-order valence-electron chi connectivity index (χ0n) is 21.7. The summed E-state index contributed by atoms with van der Waals surface area (Å²) in [6.45, 7) is 7.90. The minimum Gasteiger partial charge on any atom is -0.338 e. The first-order valence-corrected chi connectivity index (χ1v) is 16.3. The van der Waals surface area contributed by atoms with Crippen molar-refractivity contribution < 1.29 is 4.57 Å². The van der Waals surface area contributed by atoms with E-state index in [1.807, 2.05) is 13.0 Å². The Hall–Kier alpha value is -2.11. The lowest BCUT2D eigenvalue weighted by Gasteiger charge is -2.25. The van der Waals surface area contributed by atoms with Crippen LogP contribution in [-0.4, -0.2) is 47.3 Å². The molecule has 37 heavy (non-hydrogen) atoms. The number of fused-ring (bicyclic) bond motifs is 1. The predicted molar refractivity (Wildman–Crippen MR) is 157 cm³/mol. The van der Waals surface area contributed by atoms with Crippen molar-refractivity contribution in [3.63, 3.8) is 0 Å². The van der Waals surface area contributed by atoms with Gasteiger partial charge in [0.1, 0.15) is 12.2 Å². The van der Waals surface area contributed by atoms with Crippen LogP contribution in [-0.2, 0) is 17.4 Å². The molecule has 1 aliphatic heterocycles. The fourth-order valence-electron chi connectivity index (χ4n) is 5.76. The number of anilines is 4. The van der Waals surface area contributed by atoms with E-state index in [9.17, 15) is 4.57 Å². The Morgan fingerprint density at radius 2 is 1.73 bits per heavy atom. The van der Waals surface area contributed by atoms with Gasteiger partial charge in [-0.3, -0.25) is 0 Å². The van der Waals surface area contributed by atoms with Crippen molar-refractivity contribution in [1.82, 2.24) is 14.9 Å².